The van der Waals surface area contributed by atoms with Crippen molar-refractivity contribution in [3.8, 4) is 0 Å². The molecule has 146 valence electrons. The average molecular weight is 362 g/mol. The van der Waals surface area contributed by atoms with Crippen molar-refractivity contribution in [2.24, 2.45) is 5.92 Å². The van der Waals surface area contributed by atoms with Gasteiger partial charge in [0.2, 0.25) is 5.91 Å². The van der Waals surface area contributed by atoms with Gasteiger partial charge in [0, 0.05) is 32.7 Å². The zero-order valence-corrected chi connectivity index (χ0v) is 16.6. The van der Waals surface area contributed by atoms with Gasteiger partial charge < -0.3 is 10.1 Å². The van der Waals surface area contributed by atoms with Crippen LogP contribution in [0, 0.1) is 5.92 Å². The second-order valence-electron chi connectivity index (χ2n) is 7.65. The molecule has 0 spiro atoms. The maximum absolute atomic E-state index is 12.4. The summed E-state index contributed by atoms with van der Waals surface area (Å²) in [5.74, 6) is 0.739. The van der Waals surface area contributed by atoms with Gasteiger partial charge in [0.1, 0.15) is 0 Å². The number of hydrogen-bond acceptors (Lipinski definition) is 4. The lowest BCUT2D eigenvalue weighted by Crippen LogP contribution is -2.49. The van der Waals surface area contributed by atoms with Gasteiger partial charge in [0.05, 0.1) is 19.3 Å². The number of carbonyl (C=O) groups is 1. The summed E-state index contributed by atoms with van der Waals surface area (Å²) >= 11 is 0. The highest BCUT2D eigenvalue weighted by Crippen LogP contribution is 2.08. The molecule has 1 aromatic rings. The largest absolute Gasteiger partial charge is 0.374 e. The number of rotatable bonds is 10. The third-order valence-electron chi connectivity index (χ3n) is 4.53. The normalized spacial score (nSPS) is 18.4. The van der Waals surface area contributed by atoms with E-state index >= 15 is 0 Å². The predicted octanol–water partition coefficient (Wildman–Crippen LogP) is 2.37. The number of ether oxygens (including phenoxy) is 1. The Morgan fingerprint density at radius 1 is 1.35 bits per heavy atom. The van der Waals surface area contributed by atoms with Gasteiger partial charge >= 0.3 is 0 Å². The minimum absolute atomic E-state index is 0.0824. The topological polar surface area (TPSA) is 44.8 Å². The first-order valence-corrected chi connectivity index (χ1v) is 9.93. The van der Waals surface area contributed by atoms with Crippen LogP contribution in [0.4, 0.5) is 0 Å². The van der Waals surface area contributed by atoms with E-state index in [1.165, 1.54) is 5.56 Å². The molecule has 1 aromatic carbocycles. The van der Waals surface area contributed by atoms with Crippen LogP contribution < -0.4 is 5.32 Å². The molecule has 1 unspecified atom stereocenters. The first-order chi connectivity index (χ1) is 12.6. The van der Waals surface area contributed by atoms with Crippen LogP contribution in [0.15, 0.2) is 30.3 Å². The fraction of sp³-hybridized carbons (Fsp3) is 0.667. The fourth-order valence-electron chi connectivity index (χ4n) is 3.44. The molecule has 1 aliphatic rings. The molecule has 0 bridgehead atoms. The summed E-state index contributed by atoms with van der Waals surface area (Å²) in [4.78, 5) is 17.0. The monoisotopic (exact) mass is 361 g/mol. The van der Waals surface area contributed by atoms with E-state index in [4.69, 9.17) is 4.74 Å². The van der Waals surface area contributed by atoms with Crippen LogP contribution >= 0.6 is 0 Å². The van der Waals surface area contributed by atoms with Crippen molar-refractivity contribution in [1.29, 1.82) is 0 Å². The molecule has 1 amide bonds. The smallest absolute Gasteiger partial charge is 0.234 e. The maximum Gasteiger partial charge on any atom is 0.234 e. The van der Waals surface area contributed by atoms with Gasteiger partial charge in [-0.05, 0) is 24.4 Å². The van der Waals surface area contributed by atoms with Crippen LogP contribution in [0.1, 0.15) is 32.8 Å². The molecule has 1 aliphatic heterocycles. The lowest BCUT2D eigenvalue weighted by atomic mass is 10.2. The number of nitrogens with one attached hydrogen (secondary N) is 1. The van der Waals surface area contributed by atoms with E-state index in [0.717, 1.165) is 45.8 Å². The van der Waals surface area contributed by atoms with Gasteiger partial charge in [0.15, 0.2) is 0 Å². The van der Waals surface area contributed by atoms with E-state index in [2.05, 4.69) is 48.0 Å². The summed E-state index contributed by atoms with van der Waals surface area (Å²) in [5, 5.41) is 3.07. The molecule has 0 aliphatic carbocycles. The molecule has 0 aromatic heterocycles. The van der Waals surface area contributed by atoms with Crippen LogP contribution in [0.2, 0.25) is 0 Å². The second-order valence-corrected chi connectivity index (χ2v) is 7.65. The quantitative estimate of drug-likeness (QED) is 0.695. The Kier molecular flexibility index (Phi) is 9.09. The average Bonchev–Trinajstić information content (AvgIpc) is 2.61. The molecule has 26 heavy (non-hydrogen) atoms. The Morgan fingerprint density at radius 3 is 2.81 bits per heavy atom. The van der Waals surface area contributed by atoms with E-state index in [1.54, 1.807) is 0 Å². The van der Waals surface area contributed by atoms with Crippen molar-refractivity contribution < 1.29 is 9.53 Å². The Bertz CT molecular complexity index is 521. The van der Waals surface area contributed by atoms with Crippen LogP contribution in [-0.2, 0) is 16.1 Å². The van der Waals surface area contributed by atoms with Crippen molar-refractivity contribution in [2.45, 2.75) is 39.8 Å². The Hall–Kier alpha value is -1.43. The number of benzene rings is 1. The highest BCUT2D eigenvalue weighted by Gasteiger charge is 2.21. The molecule has 1 fully saturated rings. The summed E-state index contributed by atoms with van der Waals surface area (Å²) < 4.78 is 5.82. The lowest BCUT2D eigenvalue weighted by molar-refractivity contribution is -0.123. The zero-order valence-electron chi connectivity index (χ0n) is 16.6. The van der Waals surface area contributed by atoms with Crippen LogP contribution in [0.5, 0.6) is 0 Å². The van der Waals surface area contributed by atoms with Crippen molar-refractivity contribution in [2.75, 3.05) is 45.9 Å². The van der Waals surface area contributed by atoms with E-state index < -0.39 is 0 Å². The Morgan fingerprint density at radius 2 is 2.12 bits per heavy atom. The molecule has 5 nitrogen and oxygen atoms in total. The molecule has 1 saturated heterocycles. The third kappa shape index (κ3) is 7.85. The minimum Gasteiger partial charge on any atom is -0.374 e. The summed E-state index contributed by atoms with van der Waals surface area (Å²) in [7, 11) is 0. The number of amides is 1. The highest BCUT2D eigenvalue weighted by molar-refractivity contribution is 5.78. The number of carbonyl (C=O) groups excluding carboxylic acids is 1. The Labute approximate surface area is 158 Å². The van der Waals surface area contributed by atoms with E-state index in [9.17, 15) is 4.79 Å². The molecule has 1 heterocycles. The van der Waals surface area contributed by atoms with Crippen molar-refractivity contribution in [1.82, 2.24) is 15.1 Å². The molecule has 1 N–H and O–H groups in total. The number of hydrogen-bond donors (Lipinski definition) is 1. The van der Waals surface area contributed by atoms with Crippen LogP contribution in [0.25, 0.3) is 0 Å². The molecule has 0 saturated carbocycles. The SMILES string of the molecule is CCCN(CC(=O)NCC1CN(CC(C)C)CCO1)Cc1ccccc1. The predicted molar refractivity (Wildman–Crippen MR) is 106 cm³/mol. The maximum atomic E-state index is 12.4. The van der Waals surface area contributed by atoms with Crippen LogP contribution in [0.3, 0.4) is 0 Å². The van der Waals surface area contributed by atoms with E-state index in [0.29, 0.717) is 19.0 Å². The molecule has 1 atom stereocenters. The lowest BCUT2D eigenvalue weighted by Gasteiger charge is -2.34. The summed E-state index contributed by atoms with van der Waals surface area (Å²) in [6, 6.07) is 10.3. The van der Waals surface area contributed by atoms with Gasteiger partial charge in [-0.1, -0.05) is 51.1 Å². The molecule has 0 radical (unpaired) electrons. The van der Waals surface area contributed by atoms with Crippen molar-refractivity contribution in [3.63, 3.8) is 0 Å². The summed E-state index contributed by atoms with van der Waals surface area (Å²) in [6.07, 6.45) is 1.14. The third-order valence-corrected chi connectivity index (χ3v) is 4.53. The van der Waals surface area contributed by atoms with Gasteiger partial charge in [-0.25, -0.2) is 0 Å². The fourth-order valence-corrected chi connectivity index (χ4v) is 3.44. The standard InChI is InChI=1S/C21H35N3O2/c1-4-10-23(15-19-8-6-5-7-9-19)17-21(25)22-13-20-16-24(11-12-26-20)14-18(2)3/h5-9,18,20H,4,10-17H2,1-3H3,(H,22,25). The van der Waals surface area contributed by atoms with Gasteiger partial charge in [-0.3, -0.25) is 14.6 Å². The van der Waals surface area contributed by atoms with Crippen molar-refractivity contribution >= 4 is 5.91 Å². The van der Waals surface area contributed by atoms with Crippen LogP contribution in [-0.4, -0.2) is 67.7 Å². The van der Waals surface area contributed by atoms with E-state index in [1.807, 2.05) is 18.2 Å². The molecule has 2 rings (SSSR count). The van der Waals surface area contributed by atoms with Gasteiger partial charge in [-0.15, -0.1) is 0 Å². The molecular formula is C21H35N3O2. The molecular weight excluding hydrogens is 326 g/mol. The minimum atomic E-state index is 0.0824. The summed E-state index contributed by atoms with van der Waals surface area (Å²) in [5.41, 5.74) is 1.24. The second kappa shape index (κ2) is 11.3. The number of nitrogens with zero attached hydrogens (tertiary/aromatic N) is 2. The summed E-state index contributed by atoms with van der Waals surface area (Å²) in [6.45, 7) is 13.1. The van der Waals surface area contributed by atoms with Gasteiger partial charge in [0.25, 0.3) is 0 Å². The van der Waals surface area contributed by atoms with E-state index in [-0.39, 0.29) is 12.0 Å². The Balaban J connectivity index is 1.75. The number of morpholine rings is 1. The zero-order chi connectivity index (χ0) is 18.8. The highest BCUT2D eigenvalue weighted by atomic mass is 16.5. The molecule has 5 heteroatoms. The first-order valence-electron chi connectivity index (χ1n) is 9.93. The van der Waals surface area contributed by atoms with Crippen molar-refractivity contribution in [3.05, 3.63) is 35.9 Å². The van der Waals surface area contributed by atoms with Gasteiger partial charge in [-0.2, -0.15) is 0 Å². The first kappa shape index (κ1) is 20.9.